The van der Waals surface area contributed by atoms with Crippen LogP contribution in [0.2, 0.25) is 0 Å². The summed E-state index contributed by atoms with van der Waals surface area (Å²) >= 11 is 0. The Kier molecular flexibility index (Phi) is 64.4. The van der Waals surface area contributed by atoms with E-state index in [0.29, 0.717) is 17.4 Å². The second kappa shape index (κ2) is 68.6. The molecule has 0 rings (SSSR count). The lowest BCUT2D eigenvalue weighted by Crippen LogP contribution is -2.44. The van der Waals surface area contributed by atoms with Crippen LogP contribution in [0.25, 0.3) is 0 Å². The van der Waals surface area contributed by atoms with E-state index in [1.165, 1.54) is 96.3 Å². The van der Waals surface area contributed by atoms with Crippen LogP contribution in [0.3, 0.4) is 0 Å². The summed E-state index contributed by atoms with van der Waals surface area (Å²) in [7, 11) is 5.91. The maximum atomic E-state index is 12.9. The van der Waals surface area contributed by atoms with Crippen molar-refractivity contribution < 1.29 is 42.9 Å². The molecule has 502 valence electrons. The van der Waals surface area contributed by atoms with Crippen LogP contribution in [-0.4, -0.2) is 82.3 Å². The molecule has 0 heterocycles. The maximum absolute atomic E-state index is 12.9. The predicted octanol–water partition coefficient (Wildman–Crippen LogP) is 20.9. The van der Waals surface area contributed by atoms with E-state index < -0.39 is 24.3 Å². The van der Waals surface area contributed by atoms with Gasteiger partial charge in [-0.25, -0.2) is 0 Å². The number of likely N-dealkylation sites (N-methyl/N-ethyl adjacent to an activating group) is 1. The number of quaternary nitrogens is 1. The van der Waals surface area contributed by atoms with E-state index in [1.807, 2.05) is 21.1 Å². The molecule has 0 aromatic heterocycles. The largest absolute Gasteiger partial charge is 0.545 e. The fourth-order valence-electron chi connectivity index (χ4n) is 9.08. The van der Waals surface area contributed by atoms with Crippen LogP contribution in [0.15, 0.2) is 170 Å². The van der Waals surface area contributed by atoms with E-state index in [0.717, 1.165) is 128 Å². The number of carboxylic acids is 1. The Morgan fingerprint density at radius 2 is 0.640 bits per heavy atom. The first kappa shape index (κ1) is 83.7. The van der Waals surface area contributed by atoms with E-state index >= 15 is 0 Å². The molecule has 0 amide bonds. The molecule has 0 bridgehead atoms. The minimum atomic E-state index is -1.64. The minimum Gasteiger partial charge on any atom is -0.545 e. The fourth-order valence-corrected chi connectivity index (χ4v) is 9.08. The Hall–Kier alpha value is -5.35. The SMILES string of the molecule is CC/C=C\C/C=C\C/C=C\C/C=C\C/C=C\C/C=C\C/C=C\C/C=C\C/C=C\C/C=C\C/C=C\CCCCCC(=O)OC(COC(=O)CCCCCCCCCCCCCC/C=C\C/C=C\C/C=C\CCCCCCC)COC(OCC[N+](C)(C)C)C(=O)[O-]. The summed E-state index contributed by atoms with van der Waals surface area (Å²) in [4.78, 5) is 37.5. The van der Waals surface area contributed by atoms with Crippen LogP contribution < -0.4 is 5.11 Å². The maximum Gasteiger partial charge on any atom is 0.306 e. The quantitative estimate of drug-likeness (QED) is 0.0195. The van der Waals surface area contributed by atoms with E-state index in [2.05, 4.69) is 184 Å². The second-order valence-corrected chi connectivity index (χ2v) is 24.1. The van der Waals surface area contributed by atoms with Gasteiger partial charge >= 0.3 is 11.9 Å². The van der Waals surface area contributed by atoms with Gasteiger partial charge in [-0.3, -0.25) is 9.59 Å². The smallest absolute Gasteiger partial charge is 0.306 e. The first-order chi connectivity index (χ1) is 43.6. The number of carboxylic acid groups (broad SMARTS) is 1. The lowest BCUT2D eigenvalue weighted by Gasteiger charge is -2.26. The zero-order valence-corrected chi connectivity index (χ0v) is 57.2. The highest BCUT2D eigenvalue weighted by Gasteiger charge is 2.22. The number of rotatable bonds is 63. The number of hydrogen-bond donors (Lipinski definition) is 0. The molecule has 0 aromatic rings. The van der Waals surface area contributed by atoms with E-state index in [9.17, 15) is 19.5 Å². The average molecular weight is 1230 g/mol. The Morgan fingerprint density at radius 1 is 0.348 bits per heavy atom. The molecule has 0 saturated carbocycles. The third kappa shape index (κ3) is 70.0. The van der Waals surface area contributed by atoms with Gasteiger partial charge in [0.25, 0.3) is 0 Å². The normalized spacial score (nSPS) is 13.8. The van der Waals surface area contributed by atoms with Gasteiger partial charge in [0.1, 0.15) is 13.2 Å². The van der Waals surface area contributed by atoms with Gasteiger partial charge in [0, 0.05) is 12.8 Å². The van der Waals surface area contributed by atoms with Crippen molar-refractivity contribution in [2.45, 2.75) is 270 Å². The van der Waals surface area contributed by atoms with Crippen molar-refractivity contribution in [3.63, 3.8) is 0 Å². The zero-order chi connectivity index (χ0) is 64.7. The van der Waals surface area contributed by atoms with Crippen LogP contribution in [0.4, 0.5) is 0 Å². The average Bonchev–Trinajstić information content (AvgIpc) is 3.70. The molecule has 0 radical (unpaired) electrons. The van der Waals surface area contributed by atoms with Gasteiger partial charge in [-0.05, 0) is 135 Å². The monoisotopic (exact) mass is 1230 g/mol. The number of esters is 2. The summed E-state index contributed by atoms with van der Waals surface area (Å²) in [5.41, 5.74) is 0. The topological polar surface area (TPSA) is 111 Å². The van der Waals surface area contributed by atoms with Crippen molar-refractivity contribution in [2.75, 3.05) is 47.5 Å². The molecular weight excluding hydrogens is 1100 g/mol. The van der Waals surface area contributed by atoms with Crippen molar-refractivity contribution in [1.82, 2.24) is 0 Å². The Labute approximate surface area is 546 Å². The van der Waals surface area contributed by atoms with Crippen LogP contribution in [-0.2, 0) is 33.3 Å². The van der Waals surface area contributed by atoms with Crippen molar-refractivity contribution in [1.29, 1.82) is 0 Å². The second-order valence-electron chi connectivity index (χ2n) is 24.1. The number of ether oxygens (including phenoxy) is 4. The van der Waals surface area contributed by atoms with E-state index in [4.69, 9.17) is 18.9 Å². The Bertz CT molecular complexity index is 2070. The van der Waals surface area contributed by atoms with Gasteiger partial charge in [-0.1, -0.05) is 280 Å². The molecule has 89 heavy (non-hydrogen) atoms. The fraction of sp³-hybridized carbons (Fsp3) is 0.613. The highest BCUT2D eigenvalue weighted by molar-refractivity contribution is 5.70. The van der Waals surface area contributed by atoms with E-state index in [-0.39, 0.29) is 38.6 Å². The number of allylic oxidation sites excluding steroid dienone is 28. The molecule has 0 aliphatic carbocycles. The summed E-state index contributed by atoms with van der Waals surface area (Å²) in [6.07, 6.45) is 100.0. The summed E-state index contributed by atoms with van der Waals surface area (Å²) < 4.78 is 22.7. The number of nitrogens with zero attached hydrogens (tertiary/aromatic N) is 1. The molecule has 9 heteroatoms. The highest BCUT2D eigenvalue weighted by Crippen LogP contribution is 2.15. The molecule has 9 nitrogen and oxygen atoms in total. The Morgan fingerprint density at radius 3 is 0.966 bits per heavy atom. The molecule has 0 N–H and O–H groups in total. The Balaban J connectivity index is 4.27. The van der Waals surface area contributed by atoms with Crippen molar-refractivity contribution in [3.05, 3.63) is 170 Å². The lowest BCUT2D eigenvalue weighted by molar-refractivity contribution is -0.870. The number of carbonyl (C=O) groups is 3. The number of carbonyl (C=O) groups excluding carboxylic acids is 3. The third-order valence-corrected chi connectivity index (χ3v) is 14.4. The first-order valence-corrected chi connectivity index (χ1v) is 35.3. The summed E-state index contributed by atoms with van der Waals surface area (Å²) in [5.74, 6) is -2.35. The molecule has 2 unspecified atom stereocenters. The molecule has 0 aliphatic heterocycles. The van der Waals surface area contributed by atoms with Crippen molar-refractivity contribution >= 4 is 17.9 Å². The minimum absolute atomic E-state index is 0.131. The van der Waals surface area contributed by atoms with Crippen LogP contribution >= 0.6 is 0 Å². The first-order valence-electron chi connectivity index (χ1n) is 35.3. The van der Waals surface area contributed by atoms with Gasteiger partial charge in [-0.2, -0.15) is 0 Å². The van der Waals surface area contributed by atoms with Gasteiger partial charge in [0.05, 0.1) is 40.3 Å². The van der Waals surface area contributed by atoms with Crippen molar-refractivity contribution in [2.24, 2.45) is 0 Å². The molecule has 0 saturated heterocycles. The lowest BCUT2D eigenvalue weighted by atomic mass is 10.0. The number of aliphatic carboxylic acids is 1. The summed E-state index contributed by atoms with van der Waals surface area (Å²) in [6.45, 7) is 4.57. The number of unbranched alkanes of at least 4 members (excludes halogenated alkanes) is 20. The third-order valence-electron chi connectivity index (χ3n) is 14.4. The van der Waals surface area contributed by atoms with Crippen LogP contribution in [0.5, 0.6) is 0 Å². The zero-order valence-electron chi connectivity index (χ0n) is 57.2. The summed E-state index contributed by atoms with van der Waals surface area (Å²) in [5, 5.41) is 11.8. The van der Waals surface area contributed by atoms with Crippen molar-refractivity contribution in [3.8, 4) is 0 Å². The highest BCUT2D eigenvalue weighted by atomic mass is 16.7. The molecule has 2 atom stereocenters. The molecule has 0 aromatic carbocycles. The molecule has 0 spiro atoms. The van der Waals surface area contributed by atoms with Gasteiger partial charge in [0.2, 0.25) is 0 Å². The van der Waals surface area contributed by atoms with Gasteiger partial charge in [0.15, 0.2) is 12.4 Å². The van der Waals surface area contributed by atoms with Crippen LogP contribution in [0.1, 0.15) is 258 Å². The molecular formula is C80H129NO8. The van der Waals surface area contributed by atoms with Gasteiger partial charge in [-0.15, -0.1) is 0 Å². The molecule has 0 fully saturated rings. The predicted molar refractivity (Wildman–Crippen MR) is 379 cm³/mol. The van der Waals surface area contributed by atoms with Crippen LogP contribution in [0, 0.1) is 0 Å². The standard InChI is InChI=1S/C80H129NO8/c1-6-8-10-12-14-16-18-20-22-24-26-28-30-32-34-35-36-37-38-39-40-41-42-43-45-47-49-51-53-55-57-59-61-63-65-67-69-71-78(83)89-76(75-88-80(79(84)85)86-73-72-81(3,4)5)74-87-77(82)70-68-66-64-62-60-58-56-54-52-50-48-46-44-33-31-29-27-25-23-21-19-17-15-13-11-9-7-2/h8,10,14,16,19-22,25-28,31-34,36-37,39-40,42-43,47,49,53,55,59,61,76,80H,6-7,9,11-13,15,17-18,23-24,29-30,35,38,41,44-46,48,50-52,54,56-58,60,62-75H2,1-5H3/b10-8-,16-14-,21-19-,22-20-,27-25-,28-26-,33-31-,34-32-,37-36-,40-39-,43-42-,49-47-,55-53-,61-59-. The summed E-state index contributed by atoms with van der Waals surface area (Å²) in [6, 6.07) is 0. The van der Waals surface area contributed by atoms with Gasteiger partial charge < -0.3 is 33.3 Å². The molecule has 0 aliphatic rings. The van der Waals surface area contributed by atoms with E-state index in [1.54, 1.807) is 0 Å². The number of hydrogen-bond acceptors (Lipinski definition) is 8.